The molecule has 1 spiro atoms. The van der Waals surface area contributed by atoms with Gasteiger partial charge in [-0.2, -0.15) is 0 Å². The third kappa shape index (κ3) is 2.32. The highest BCUT2D eigenvalue weighted by molar-refractivity contribution is 6.35. The molecular weight excluding hydrogens is 333 g/mol. The van der Waals surface area contributed by atoms with Crippen molar-refractivity contribution in [2.24, 2.45) is 5.41 Å². The first-order valence-electron chi connectivity index (χ1n) is 7.63. The molecule has 1 saturated carbocycles. The fourth-order valence-electron chi connectivity index (χ4n) is 3.79. The number of pyridine rings is 2. The smallest absolute Gasteiger partial charge is 0.256 e. The van der Waals surface area contributed by atoms with E-state index in [4.69, 9.17) is 23.2 Å². The molecule has 3 heterocycles. The van der Waals surface area contributed by atoms with E-state index in [0.29, 0.717) is 10.6 Å². The van der Waals surface area contributed by atoms with Crippen molar-refractivity contribution in [2.75, 3.05) is 6.54 Å². The highest BCUT2D eigenvalue weighted by atomic mass is 35.5. The number of aromatic nitrogens is 2. The monoisotopic (exact) mass is 347 g/mol. The number of likely N-dealkylation sites (tertiary alicyclic amines) is 1. The van der Waals surface area contributed by atoms with Crippen LogP contribution in [0, 0.1) is 5.41 Å². The molecule has 1 atom stereocenters. The predicted octanol–water partition coefficient (Wildman–Crippen LogP) is 4.15. The zero-order chi connectivity index (χ0) is 16.0. The SMILES string of the molecule is O=C(c1cc(Cl)ncc1Cl)N1CC2(CCC2)C1c1cccnc1. The van der Waals surface area contributed by atoms with Crippen LogP contribution in [-0.2, 0) is 0 Å². The lowest BCUT2D eigenvalue weighted by Crippen LogP contribution is -2.63. The molecular formula is C17H15Cl2N3O. The number of rotatable bonds is 2. The zero-order valence-electron chi connectivity index (χ0n) is 12.4. The summed E-state index contributed by atoms with van der Waals surface area (Å²) < 4.78 is 0. The van der Waals surface area contributed by atoms with Crippen LogP contribution in [0.4, 0.5) is 0 Å². The van der Waals surface area contributed by atoms with Gasteiger partial charge >= 0.3 is 0 Å². The second-order valence-corrected chi connectivity index (χ2v) is 7.12. The van der Waals surface area contributed by atoms with Crippen LogP contribution in [-0.4, -0.2) is 27.3 Å². The lowest BCUT2D eigenvalue weighted by Gasteiger charge is -2.62. The first-order chi connectivity index (χ1) is 11.1. The molecule has 0 radical (unpaired) electrons. The molecule has 1 amide bonds. The predicted molar refractivity (Wildman–Crippen MR) is 88.6 cm³/mol. The van der Waals surface area contributed by atoms with Crippen LogP contribution in [0.5, 0.6) is 0 Å². The van der Waals surface area contributed by atoms with Crippen molar-refractivity contribution in [3.8, 4) is 0 Å². The number of hydrogen-bond donors (Lipinski definition) is 0. The van der Waals surface area contributed by atoms with Crippen LogP contribution in [0.25, 0.3) is 0 Å². The van der Waals surface area contributed by atoms with Crippen molar-refractivity contribution < 1.29 is 4.79 Å². The van der Waals surface area contributed by atoms with E-state index < -0.39 is 0 Å². The second-order valence-electron chi connectivity index (χ2n) is 6.32. The number of carbonyl (C=O) groups is 1. The molecule has 4 rings (SSSR count). The van der Waals surface area contributed by atoms with Crippen LogP contribution in [0.15, 0.2) is 36.8 Å². The third-order valence-electron chi connectivity index (χ3n) is 5.04. The van der Waals surface area contributed by atoms with Gasteiger partial charge in [-0.3, -0.25) is 9.78 Å². The normalized spacial score (nSPS) is 21.7. The van der Waals surface area contributed by atoms with Gasteiger partial charge in [0.1, 0.15) is 5.15 Å². The summed E-state index contributed by atoms with van der Waals surface area (Å²) in [5, 5.41) is 0.605. The quantitative estimate of drug-likeness (QED) is 0.766. The minimum Gasteiger partial charge on any atom is -0.330 e. The van der Waals surface area contributed by atoms with Gasteiger partial charge in [0.05, 0.1) is 16.6 Å². The van der Waals surface area contributed by atoms with Gasteiger partial charge in [0.25, 0.3) is 5.91 Å². The maximum atomic E-state index is 12.9. The van der Waals surface area contributed by atoms with Gasteiger partial charge in [-0.1, -0.05) is 35.7 Å². The highest BCUT2D eigenvalue weighted by Gasteiger charge is 2.58. The van der Waals surface area contributed by atoms with Gasteiger partial charge in [-0.25, -0.2) is 4.98 Å². The molecule has 1 unspecified atom stereocenters. The standard InChI is InChI=1S/C17H15Cl2N3O/c18-13-9-21-14(19)7-12(13)16(23)22-10-17(4-2-5-17)15(22)11-3-1-6-20-8-11/h1,3,6-9,15H,2,4-5,10H2. The van der Waals surface area contributed by atoms with Crippen LogP contribution in [0.3, 0.4) is 0 Å². The summed E-state index contributed by atoms with van der Waals surface area (Å²) in [4.78, 5) is 23.0. The second kappa shape index (κ2) is 5.46. The van der Waals surface area contributed by atoms with Gasteiger partial charge in [-0.15, -0.1) is 0 Å². The minimum absolute atomic E-state index is 0.0699. The maximum absolute atomic E-state index is 12.9. The van der Waals surface area contributed by atoms with Crippen LogP contribution < -0.4 is 0 Å². The average molecular weight is 348 g/mol. The van der Waals surface area contributed by atoms with E-state index in [1.807, 2.05) is 23.2 Å². The van der Waals surface area contributed by atoms with Gasteiger partial charge in [0.15, 0.2) is 0 Å². The Morgan fingerprint density at radius 3 is 2.78 bits per heavy atom. The number of amides is 1. The van der Waals surface area contributed by atoms with Crippen LogP contribution >= 0.6 is 23.2 Å². The summed E-state index contributed by atoms with van der Waals surface area (Å²) in [6, 6.07) is 5.57. The Morgan fingerprint density at radius 1 is 1.30 bits per heavy atom. The topological polar surface area (TPSA) is 46.1 Å². The Kier molecular flexibility index (Phi) is 3.54. The van der Waals surface area contributed by atoms with E-state index in [1.54, 1.807) is 6.20 Å². The lowest BCUT2D eigenvalue weighted by molar-refractivity contribution is -0.105. The van der Waals surface area contributed by atoms with Crippen molar-refractivity contribution >= 4 is 29.1 Å². The van der Waals surface area contributed by atoms with Crippen molar-refractivity contribution in [1.82, 2.24) is 14.9 Å². The summed E-state index contributed by atoms with van der Waals surface area (Å²) in [6.07, 6.45) is 8.56. The lowest BCUT2D eigenvalue weighted by atomic mass is 9.56. The molecule has 0 N–H and O–H groups in total. The Labute approximate surface area is 144 Å². The molecule has 2 fully saturated rings. The summed E-state index contributed by atoms with van der Waals surface area (Å²) in [7, 11) is 0. The highest BCUT2D eigenvalue weighted by Crippen LogP contribution is 2.60. The summed E-state index contributed by atoms with van der Waals surface area (Å²) in [6.45, 7) is 0.766. The maximum Gasteiger partial charge on any atom is 0.256 e. The van der Waals surface area contributed by atoms with E-state index in [-0.39, 0.29) is 22.5 Å². The fraction of sp³-hybridized carbons (Fsp3) is 0.353. The zero-order valence-corrected chi connectivity index (χ0v) is 13.9. The molecule has 4 nitrogen and oxygen atoms in total. The van der Waals surface area contributed by atoms with E-state index >= 15 is 0 Å². The van der Waals surface area contributed by atoms with E-state index in [9.17, 15) is 4.79 Å². The molecule has 118 valence electrons. The Morgan fingerprint density at radius 2 is 2.13 bits per heavy atom. The molecule has 1 aliphatic heterocycles. The van der Waals surface area contributed by atoms with Gasteiger partial charge in [-0.05, 0) is 30.5 Å². The van der Waals surface area contributed by atoms with Crippen molar-refractivity contribution in [1.29, 1.82) is 0 Å². The molecule has 0 bridgehead atoms. The van der Waals surface area contributed by atoms with Crippen LogP contribution in [0.1, 0.15) is 41.2 Å². The number of hydrogen-bond acceptors (Lipinski definition) is 3. The van der Waals surface area contributed by atoms with E-state index in [1.165, 1.54) is 18.7 Å². The van der Waals surface area contributed by atoms with Gasteiger partial charge in [0.2, 0.25) is 0 Å². The molecule has 0 aromatic carbocycles. The first-order valence-corrected chi connectivity index (χ1v) is 8.38. The third-order valence-corrected chi connectivity index (χ3v) is 5.55. The molecule has 6 heteroatoms. The number of nitrogens with zero attached hydrogens (tertiary/aromatic N) is 3. The van der Waals surface area contributed by atoms with Crippen LogP contribution in [0.2, 0.25) is 10.2 Å². The summed E-state index contributed by atoms with van der Waals surface area (Å²) >= 11 is 12.1. The van der Waals surface area contributed by atoms with Gasteiger partial charge < -0.3 is 4.90 Å². The molecule has 1 saturated heterocycles. The Hall–Kier alpha value is -1.65. The Balaban J connectivity index is 1.68. The van der Waals surface area contributed by atoms with Crippen molar-refractivity contribution in [2.45, 2.75) is 25.3 Å². The minimum atomic E-state index is -0.0920. The molecule has 23 heavy (non-hydrogen) atoms. The van der Waals surface area contributed by atoms with Crippen molar-refractivity contribution in [3.63, 3.8) is 0 Å². The summed E-state index contributed by atoms with van der Waals surface area (Å²) in [5.74, 6) is -0.0920. The molecule has 2 aromatic heterocycles. The Bertz CT molecular complexity index is 762. The fourth-order valence-corrected chi connectivity index (χ4v) is 4.13. The van der Waals surface area contributed by atoms with E-state index in [0.717, 1.165) is 24.9 Å². The molecule has 1 aliphatic carbocycles. The average Bonchev–Trinajstić information content (AvgIpc) is 2.48. The van der Waals surface area contributed by atoms with Gasteiger partial charge in [0, 0.05) is 30.6 Å². The summed E-state index contributed by atoms with van der Waals surface area (Å²) in [5.41, 5.74) is 1.71. The molecule has 2 aliphatic rings. The largest absolute Gasteiger partial charge is 0.330 e. The van der Waals surface area contributed by atoms with E-state index in [2.05, 4.69) is 9.97 Å². The van der Waals surface area contributed by atoms with Crippen molar-refractivity contribution in [3.05, 3.63) is 58.1 Å². The number of carbonyl (C=O) groups excluding carboxylic acids is 1. The number of halogens is 2. The molecule has 2 aromatic rings. The first kappa shape index (κ1) is 14.9.